The van der Waals surface area contributed by atoms with Gasteiger partial charge in [-0.1, -0.05) is 29.3 Å². The molecule has 0 bridgehead atoms. The monoisotopic (exact) mass is 500 g/mol. The molecule has 2 amide bonds. The fourth-order valence-electron chi connectivity index (χ4n) is 4.50. The summed E-state index contributed by atoms with van der Waals surface area (Å²) < 4.78 is 5.46. The summed E-state index contributed by atoms with van der Waals surface area (Å²) in [5.41, 5.74) is 3.59. The van der Waals surface area contributed by atoms with Crippen molar-refractivity contribution in [2.45, 2.75) is 38.3 Å². The Morgan fingerprint density at radius 2 is 2.09 bits per heavy atom. The number of benzene rings is 1. The van der Waals surface area contributed by atoms with Crippen LogP contribution >= 0.6 is 23.2 Å². The number of H-pyrrole nitrogens is 1. The Balaban J connectivity index is 1.30. The van der Waals surface area contributed by atoms with Crippen molar-refractivity contribution in [3.8, 4) is 0 Å². The third kappa shape index (κ3) is 5.19. The zero-order valence-electron chi connectivity index (χ0n) is 18.6. The van der Waals surface area contributed by atoms with Gasteiger partial charge in [0, 0.05) is 38.6 Å². The summed E-state index contributed by atoms with van der Waals surface area (Å²) in [6, 6.07) is 6.54. The van der Waals surface area contributed by atoms with E-state index in [0.717, 1.165) is 67.2 Å². The fraction of sp³-hybridized carbons (Fsp3) is 0.417. The van der Waals surface area contributed by atoms with Crippen LogP contribution in [0.2, 0.25) is 10.0 Å². The lowest BCUT2D eigenvalue weighted by Gasteiger charge is -2.30. The number of hydrogen-bond donors (Lipinski definition) is 2. The maximum absolute atomic E-state index is 13.3. The van der Waals surface area contributed by atoms with Crippen LogP contribution in [0.5, 0.6) is 0 Å². The molecule has 10 heteroatoms. The Kier molecular flexibility index (Phi) is 6.99. The first-order chi connectivity index (χ1) is 16.6. The minimum absolute atomic E-state index is 0.180. The summed E-state index contributed by atoms with van der Waals surface area (Å²) in [6.07, 6.45) is 7.23. The largest absolute Gasteiger partial charge is 0.381 e. The number of ether oxygens (including phenoxy) is 1. The second-order valence-corrected chi connectivity index (χ2v) is 9.57. The summed E-state index contributed by atoms with van der Waals surface area (Å²) in [4.78, 5) is 24.5. The number of carbonyl (C=O) groups excluding carboxylic acids is 1. The van der Waals surface area contributed by atoms with Crippen molar-refractivity contribution in [1.82, 2.24) is 30.4 Å². The van der Waals surface area contributed by atoms with Gasteiger partial charge in [-0.15, -0.1) is 0 Å². The highest BCUT2D eigenvalue weighted by molar-refractivity contribution is 6.42. The van der Waals surface area contributed by atoms with E-state index in [0.29, 0.717) is 29.1 Å². The Hall–Kier alpha value is -2.68. The van der Waals surface area contributed by atoms with E-state index >= 15 is 0 Å². The first kappa shape index (κ1) is 23.1. The number of nitrogens with one attached hydrogen (secondary N) is 2. The van der Waals surface area contributed by atoms with E-state index < -0.39 is 6.04 Å². The zero-order valence-corrected chi connectivity index (χ0v) is 20.1. The van der Waals surface area contributed by atoms with Gasteiger partial charge in [-0.3, -0.25) is 5.10 Å². The maximum Gasteiger partial charge on any atom is 0.318 e. The van der Waals surface area contributed by atoms with Crippen LogP contribution < -0.4 is 5.32 Å². The lowest BCUT2D eigenvalue weighted by atomic mass is 9.96. The second-order valence-electron chi connectivity index (χ2n) is 8.76. The summed E-state index contributed by atoms with van der Waals surface area (Å²) in [5, 5.41) is 11.0. The maximum atomic E-state index is 13.3. The topological polar surface area (TPSA) is 96.0 Å². The van der Waals surface area contributed by atoms with Gasteiger partial charge < -0.3 is 15.0 Å². The van der Waals surface area contributed by atoms with Crippen molar-refractivity contribution >= 4 is 29.2 Å². The molecule has 1 saturated heterocycles. The Bertz CT molecular complexity index is 1150. The third-order valence-electron chi connectivity index (χ3n) is 6.47. The van der Waals surface area contributed by atoms with Crippen LogP contribution in [0.15, 0.2) is 36.7 Å². The summed E-state index contributed by atoms with van der Waals surface area (Å²) in [6.45, 7) is 2.65. The smallest absolute Gasteiger partial charge is 0.318 e. The molecule has 1 aromatic carbocycles. The molecular weight excluding hydrogens is 475 g/mol. The van der Waals surface area contributed by atoms with Gasteiger partial charge in [-0.25, -0.2) is 14.8 Å². The minimum Gasteiger partial charge on any atom is -0.381 e. The van der Waals surface area contributed by atoms with E-state index in [4.69, 9.17) is 32.9 Å². The summed E-state index contributed by atoms with van der Waals surface area (Å²) in [5.74, 6) is 1.40. The number of rotatable bonds is 5. The number of nitrogens with zero attached hydrogens (tertiary/aromatic N) is 4. The van der Waals surface area contributed by atoms with E-state index in [2.05, 4.69) is 20.5 Å². The van der Waals surface area contributed by atoms with Gasteiger partial charge in [0.2, 0.25) is 0 Å². The third-order valence-corrected chi connectivity index (χ3v) is 7.21. The summed E-state index contributed by atoms with van der Waals surface area (Å²) in [7, 11) is 0. The summed E-state index contributed by atoms with van der Waals surface area (Å²) >= 11 is 12.3. The van der Waals surface area contributed by atoms with Crippen LogP contribution in [0, 0.1) is 5.92 Å². The van der Waals surface area contributed by atoms with E-state index in [1.165, 1.54) is 0 Å². The number of hydrogen-bond acceptors (Lipinski definition) is 5. The molecule has 0 saturated carbocycles. The molecule has 4 heterocycles. The molecule has 178 valence electrons. The molecule has 2 aliphatic rings. The van der Waals surface area contributed by atoms with Crippen LogP contribution in [0.25, 0.3) is 0 Å². The molecule has 34 heavy (non-hydrogen) atoms. The van der Waals surface area contributed by atoms with E-state index in [-0.39, 0.29) is 6.03 Å². The van der Waals surface area contributed by atoms with E-state index in [9.17, 15) is 4.79 Å². The number of carbonyl (C=O) groups is 1. The Morgan fingerprint density at radius 1 is 1.24 bits per heavy atom. The number of urea groups is 1. The lowest BCUT2D eigenvalue weighted by molar-refractivity contribution is 0.0659. The molecule has 8 nitrogen and oxygen atoms in total. The van der Waals surface area contributed by atoms with Crippen LogP contribution in [0.3, 0.4) is 0 Å². The van der Waals surface area contributed by atoms with Crippen molar-refractivity contribution < 1.29 is 9.53 Å². The SMILES string of the molecule is O=C(N[C@@H](c1ccc(Cl)c(Cl)c1)c1ccn[nH]1)N1CCc2cnc(CC3CCOCC3)nc2C1. The molecule has 1 fully saturated rings. The van der Waals surface area contributed by atoms with Crippen molar-refractivity contribution in [2.24, 2.45) is 5.92 Å². The highest BCUT2D eigenvalue weighted by Crippen LogP contribution is 2.29. The van der Waals surface area contributed by atoms with Gasteiger partial charge in [-0.2, -0.15) is 5.10 Å². The zero-order chi connectivity index (χ0) is 23.5. The number of fused-ring (bicyclic) bond motifs is 1. The predicted molar refractivity (Wildman–Crippen MR) is 129 cm³/mol. The van der Waals surface area contributed by atoms with Gasteiger partial charge in [0.15, 0.2) is 0 Å². The van der Waals surface area contributed by atoms with Crippen LogP contribution in [0.4, 0.5) is 4.79 Å². The van der Waals surface area contributed by atoms with Gasteiger partial charge in [0.05, 0.1) is 34.0 Å². The average molecular weight is 501 g/mol. The van der Waals surface area contributed by atoms with Gasteiger partial charge >= 0.3 is 6.03 Å². The number of amides is 2. The van der Waals surface area contributed by atoms with Gasteiger partial charge in [0.25, 0.3) is 0 Å². The highest BCUT2D eigenvalue weighted by atomic mass is 35.5. The molecule has 0 unspecified atom stereocenters. The van der Waals surface area contributed by atoms with E-state index in [1.54, 1.807) is 23.2 Å². The second kappa shape index (κ2) is 10.3. The van der Waals surface area contributed by atoms with Crippen LogP contribution in [-0.4, -0.2) is 50.9 Å². The molecule has 2 aliphatic heterocycles. The fourth-order valence-corrected chi connectivity index (χ4v) is 4.81. The molecule has 0 radical (unpaired) electrons. The highest BCUT2D eigenvalue weighted by Gasteiger charge is 2.27. The van der Waals surface area contributed by atoms with E-state index in [1.807, 2.05) is 18.3 Å². The normalized spacial score (nSPS) is 17.3. The lowest BCUT2D eigenvalue weighted by Crippen LogP contribution is -2.44. The molecule has 0 spiro atoms. The Morgan fingerprint density at radius 3 is 2.85 bits per heavy atom. The molecule has 2 N–H and O–H groups in total. The molecular formula is C24H26Cl2N6O2. The van der Waals surface area contributed by atoms with Crippen molar-refractivity contribution in [3.05, 3.63) is 75.0 Å². The van der Waals surface area contributed by atoms with Crippen molar-refractivity contribution in [3.63, 3.8) is 0 Å². The minimum atomic E-state index is -0.444. The van der Waals surface area contributed by atoms with Crippen LogP contribution in [0.1, 0.15) is 47.2 Å². The molecule has 5 rings (SSSR count). The number of halogens is 2. The first-order valence-electron chi connectivity index (χ1n) is 11.5. The number of aromatic nitrogens is 4. The standard InChI is InChI=1S/C24H26Cl2N6O2/c25-18-2-1-16(12-19(18)26)23(20-3-7-28-31-20)30-24(33)32-8-4-17-13-27-22(29-21(17)14-32)11-15-5-9-34-10-6-15/h1-3,7,12-13,15,23H,4-6,8-11,14H2,(H,28,31)(H,30,33)/t23-/m0/s1. The molecule has 2 aromatic heterocycles. The predicted octanol–water partition coefficient (Wildman–Crippen LogP) is 4.33. The Labute approximate surface area is 208 Å². The van der Waals surface area contributed by atoms with Gasteiger partial charge in [-0.05, 0) is 54.5 Å². The number of aromatic amines is 1. The van der Waals surface area contributed by atoms with Crippen molar-refractivity contribution in [1.29, 1.82) is 0 Å². The molecule has 0 aliphatic carbocycles. The first-order valence-corrected chi connectivity index (χ1v) is 12.2. The molecule has 1 atom stereocenters. The van der Waals surface area contributed by atoms with Crippen LogP contribution in [-0.2, 0) is 24.1 Å². The van der Waals surface area contributed by atoms with Gasteiger partial charge in [0.1, 0.15) is 5.82 Å². The average Bonchev–Trinajstić information content (AvgIpc) is 3.39. The quantitative estimate of drug-likeness (QED) is 0.543. The molecule has 3 aromatic rings. The van der Waals surface area contributed by atoms with Crippen molar-refractivity contribution in [2.75, 3.05) is 19.8 Å².